The highest BCUT2D eigenvalue weighted by Gasteiger charge is 2.49. The van der Waals surface area contributed by atoms with Crippen molar-refractivity contribution in [2.75, 3.05) is 12.8 Å². The molecule has 0 radical (unpaired) electrons. The molecule has 0 bridgehead atoms. The van der Waals surface area contributed by atoms with Gasteiger partial charge in [-0.05, 0) is 112 Å². The Morgan fingerprint density at radius 1 is 0.550 bits per heavy atom. The Morgan fingerprint density at radius 3 is 1.18 bits per heavy atom. The lowest BCUT2D eigenvalue weighted by Crippen LogP contribution is -2.60. The zero-order chi connectivity index (χ0) is 32.4. The lowest BCUT2D eigenvalue weighted by atomic mass is 10.4. The molecule has 0 atom stereocenters. The summed E-state index contributed by atoms with van der Waals surface area (Å²) in [6, 6.07) is 0.676. The zero-order valence-corrected chi connectivity index (χ0v) is 34.5. The van der Waals surface area contributed by atoms with Crippen LogP contribution in [0.5, 0.6) is 0 Å². The van der Waals surface area contributed by atoms with Gasteiger partial charge in [-0.2, -0.15) is 0 Å². The molecule has 236 valence electrons. The fourth-order valence-electron chi connectivity index (χ4n) is 3.41. The van der Waals surface area contributed by atoms with Crippen LogP contribution in [-0.4, -0.2) is 75.2 Å². The second kappa shape index (κ2) is 16.4. The van der Waals surface area contributed by atoms with E-state index in [1.54, 1.807) is 13.8 Å². The van der Waals surface area contributed by atoms with E-state index in [2.05, 4.69) is 105 Å². The summed E-state index contributed by atoms with van der Waals surface area (Å²) < 4.78 is 36.1. The standard InChI is InChI=1S/C16H38O5Si4.C10H22O3Si2/c1-15(2)16(17)18-13-12-14-25(19-22(3,4)5,20-23(6,7)8)21-24(9,10)11;1-9(2)10(11)12-8-15(6,7)13-14(3,4)5/h1,12-14H2,2-11H3;1,8H2,2-7H3. The van der Waals surface area contributed by atoms with Gasteiger partial charge < -0.3 is 25.9 Å². The van der Waals surface area contributed by atoms with Gasteiger partial charge in [0.15, 0.2) is 33.3 Å². The van der Waals surface area contributed by atoms with Crippen LogP contribution in [0.4, 0.5) is 0 Å². The number of hydrogen-bond donors (Lipinski definition) is 0. The van der Waals surface area contributed by atoms with Crippen LogP contribution in [0.2, 0.25) is 97.7 Å². The van der Waals surface area contributed by atoms with Gasteiger partial charge in [0.25, 0.3) is 0 Å². The highest BCUT2D eigenvalue weighted by atomic mass is 28.5. The van der Waals surface area contributed by atoms with E-state index >= 15 is 0 Å². The third-order valence-corrected chi connectivity index (χ3v) is 21.6. The molecule has 0 saturated carbocycles. The van der Waals surface area contributed by atoms with Crippen molar-refractivity contribution >= 4 is 62.3 Å². The summed E-state index contributed by atoms with van der Waals surface area (Å²) in [5.41, 5.74) is 0.853. The second-order valence-corrected chi connectivity index (χ2v) is 40.5. The molecule has 0 aliphatic carbocycles. The molecule has 0 N–H and O–H groups in total. The van der Waals surface area contributed by atoms with Crippen molar-refractivity contribution in [3.05, 3.63) is 24.3 Å². The first-order valence-corrected chi connectivity index (χ1v) is 32.6. The van der Waals surface area contributed by atoms with Gasteiger partial charge in [-0.15, -0.1) is 0 Å². The van der Waals surface area contributed by atoms with Gasteiger partial charge in [0.2, 0.25) is 8.32 Å². The molecular weight excluding hydrogens is 609 g/mol. The van der Waals surface area contributed by atoms with Crippen LogP contribution in [0, 0.1) is 0 Å². The predicted molar refractivity (Wildman–Crippen MR) is 182 cm³/mol. The molecule has 0 aromatic carbocycles. The maximum atomic E-state index is 11.6. The minimum Gasteiger partial charge on any atom is -0.463 e. The molecule has 0 aromatic heterocycles. The van der Waals surface area contributed by atoms with E-state index in [-0.39, 0.29) is 11.9 Å². The van der Waals surface area contributed by atoms with Gasteiger partial charge in [0.05, 0.1) is 6.61 Å². The number of carbonyl (C=O) groups is 2. The van der Waals surface area contributed by atoms with Crippen molar-refractivity contribution in [2.24, 2.45) is 0 Å². The van der Waals surface area contributed by atoms with Crippen LogP contribution < -0.4 is 0 Å². The minimum atomic E-state index is -2.83. The number of rotatable bonds is 16. The Hall–Kier alpha value is -0.439. The summed E-state index contributed by atoms with van der Waals surface area (Å²) >= 11 is 0. The quantitative estimate of drug-likeness (QED) is 0.0716. The van der Waals surface area contributed by atoms with Crippen LogP contribution >= 0.6 is 0 Å². The summed E-state index contributed by atoms with van der Waals surface area (Å²) in [7, 11) is -11.8. The summed E-state index contributed by atoms with van der Waals surface area (Å²) in [4.78, 5) is 22.8. The molecule has 8 nitrogen and oxygen atoms in total. The largest absolute Gasteiger partial charge is 0.469 e. The molecule has 0 saturated heterocycles. The Balaban J connectivity index is 0. The van der Waals surface area contributed by atoms with Crippen molar-refractivity contribution in [1.82, 2.24) is 0 Å². The van der Waals surface area contributed by atoms with E-state index in [1.165, 1.54) is 0 Å². The van der Waals surface area contributed by atoms with Gasteiger partial charge in [-0.1, -0.05) is 13.2 Å². The number of carbonyl (C=O) groups excluding carboxylic acids is 2. The first kappa shape index (κ1) is 41.7. The molecule has 0 unspecified atom stereocenters. The Kier molecular flexibility index (Phi) is 17.1. The average molecular weight is 669 g/mol. The first-order valence-electron chi connectivity index (χ1n) is 13.9. The van der Waals surface area contributed by atoms with E-state index in [9.17, 15) is 9.59 Å². The van der Waals surface area contributed by atoms with Crippen LogP contribution in [0.25, 0.3) is 0 Å². The fraction of sp³-hybridized carbons (Fsp3) is 0.769. The lowest BCUT2D eigenvalue weighted by Gasteiger charge is -2.42. The van der Waals surface area contributed by atoms with Gasteiger partial charge in [0, 0.05) is 17.2 Å². The van der Waals surface area contributed by atoms with Crippen molar-refractivity contribution < 1.29 is 35.5 Å². The van der Waals surface area contributed by atoms with E-state index in [4.69, 9.17) is 25.9 Å². The molecule has 0 rings (SSSR count). The fourth-order valence-corrected chi connectivity index (χ4v) is 25.4. The molecule has 14 heteroatoms. The van der Waals surface area contributed by atoms with Crippen LogP contribution in [-0.2, 0) is 35.5 Å². The third kappa shape index (κ3) is 24.2. The third-order valence-electron chi connectivity index (χ3n) is 4.08. The highest BCUT2D eigenvalue weighted by molar-refractivity contribution is 6.90. The van der Waals surface area contributed by atoms with Crippen LogP contribution in [0.1, 0.15) is 20.3 Å². The highest BCUT2D eigenvalue weighted by Crippen LogP contribution is 2.30. The summed E-state index contributed by atoms with van der Waals surface area (Å²) in [5.74, 6) is -0.676. The average Bonchev–Trinajstić information content (AvgIpc) is 2.63. The molecular formula is C26H60O8Si6. The topological polar surface area (TPSA) is 89.5 Å². The van der Waals surface area contributed by atoms with Gasteiger partial charge >= 0.3 is 20.7 Å². The monoisotopic (exact) mass is 668 g/mol. The SMILES string of the molecule is C=C(C)C(=O)OCCC[Si](O[Si](C)(C)C)(O[Si](C)(C)C)O[Si](C)(C)C.C=C(C)C(=O)OC[Si](C)(C)O[Si](C)(C)C. The molecule has 0 aromatic rings. The Morgan fingerprint density at radius 2 is 0.875 bits per heavy atom. The van der Waals surface area contributed by atoms with Gasteiger partial charge in [-0.3, -0.25) is 0 Å². The number of esters is 2. The Bertz CT molecular complexity index is 808. The van der Waals surface area contributed by atoms with Crippen molar-refractivity contribution in [2.45, 2.75) is 118 Å². The minimum absolute atomic E-state index is 0.324. The van der Waals surface area contributed by atoms with E-state index in [1.807, 2.05) is 0 Å². The predicted octanol–water partition coefficient (Wildman–Crippen LogP) is 7.69. The van der Waals surface area contributed by atoms with E-state index in [0.717, 1.165) is 0 Å². The molecule has 0 heterocycles. The molecule has 0 spiro atoms. The van der Waals surface area contributed by atoms with Crippen molar-refractivity contribution in [1.29, 1.82) is 0 Å². The zero-order valence-electron chi connectivity index (χ0n) is 28.5. The maximum Gasteiger partial charge on any atom is 0.469 e. The van der Waals surface area contributed by atoms with E-state index < -0.39 is 50.4 Å². The number of hydrogen-bond acceptors (Lipinski definition) is 8. The number of ether oxygens (including phenoxy) is 2. The van der Waals surface area contributed by atoms with E-state index in [0.29, 0.717) is 36.4 Å². The maximum absolute atomic E-state index is 11.6. The molecule has 0 aliphatic rings. The second-order valence-electron chi connectivity index (χ2n) is 14.7. The van der Waals surface area contributed by atoms with Gasteiger partial charge in [-0.25, -0.2) is 9.59 Å². The van der Waals surface area contributed by atoms with Gasteiger partial charge in [0.1, 0.15) is 6.23 Å². The Labute approximate surface area is 252 Å². The molecule has 40 heavy (non-hydrogen) atoms. The van der Waals surface area contributed by atoms with Crippen LogP contribution in [0.3, 0.4) is 0 Å². The summed E-state index contributed by atoms with van der Waals surface area (Å²) in [6.07, 6.45) is 1.08. The molecule has 0 fully saturated rings. The first-order chi connectivity index (χ1) is 17.5. The van der Waals surface area contributed by atoms with Crippen molar-refractivity contribution in [3.8, 4) is 0 Å². The normalized spacial score (nSPS) is 13.2. The molecule has 0 amide bonds. The smallest absolute Gasteiger partial charge is 0.463 e. The molecule has 0 aliphatic heterocycles. The lowest BCUT2D eigenvalue weighted by molar-refractivity contribution is -0.139. The summed E-state index contributed by atoms with van der Waals surface area (Å²) in [5, 5.41) is 0. The summed E-state index contributed by atoms with van der Waals surface area (Å²) in [6.45, 7) is 40.8. The van der Waals surface area contributed by atoms with Crippen LogP contribution in [0.15, 0.2) is 24.3 Å². The van der Waals surface area contributed by atoms with Crippen molar-refractivity contribution in [3.63, 3.8) is 0 Å².